The van der Waals surface area contributed by atoms with Gasteiger partial charge in [-0.3, -0.25) is 4.98 Å². The molecule has 0 aromatic carbocycles. The van der Waals surface area contributed by atoms with Gasteiger partial charge in [0.05, 0.1) is 24.4 Å². The van der Waals surface area contributed by atoms with Crippen molar-refractivity contribution < 1.29 is 5.11 Å². The maximum absolute atomic E-state index is 10.1. The Balaban J connectivity index is 1.53. The molecule has 2 N–H and O–H groups in total. The molecule has 7 heteroatoms. The number of aromatic nitrogens is 5. The molecular weight excluding hydrogens is 280 g/mol. The van der Waals surface area contributed by atoms with E-state index in [0.717, 1.165) is 54.9 Å². The first-order chi connectivity index (χ1) is 10.8. The Morgan fingerprint density at radius 3 is 3.00 bits per heavy atom. The normalized spacial score (nSPS) is 21.2. The number of nitrogens with one attached hydrogen (secondary N) is 1. The van der Waals surface area contributed by atoms with Crippen molar-refractivity contribution >= 4 is 5.69 Å². The van der Waals surface area contributed by atoms with Crippen molar-refractivity contribution in [1.82, 2.24) is 25.2 Å². The van der Waals surface area contributed by atoms with E-state index in [4.69, 9.17) is 0 Å². The second-order valence-corrected chi connectivity index (χ2v) is 6.11. The first-order valence-electron chi connectivity index (χ1n) is 7.99. The minimum Gasteiger partial charge on any atom is -0.387 e. The Morgan fingerprint density at radius 1 is 1.27 bits per heavy atom. The van der Waals surface area contributed by atoms with Crippen LogP contribution in [0.1, 0.15) is 61.3 Å². The third-order valence-corrected chi connectivity index (χ3v) is 4.73. The molecule has 0 amide bonds. The van der Waals surface area contributed by atoms with Crippen LogP contribution >= 0.6 is 0 Å². The molecule has 0 spiro atoms. The number of aliphatic hydroxyl groups excluding tert-OH is 1. The summed E-state index contributed by atoms with van der Waals surface area (Å²) in [7, 11) is 0. The van der Waals surface area contributed by atoms with E-state index in [0.29, 0.717) is 12.6 Å². The highest BCUT2D eigenvalue weighted by atomic mass is 16.3. The Labute approximate surface area is 128 Å². The average molecular weight is 300 g/mol. The number of rotatable bonds is 4. The fraction of sp³-hybridized carbons (Fsp3) is 0.600. The van der Waals surface area contributed by atoms with Gasteiger partial charge in [-0.15, -0.1) is 5.10 Å². The number of anilines is 1. The highest BCUT2D eigenvalue weighted by Crippen LogP contribution is 2.33. The summed E-state index contributed by atoms with van der Waals surface area (Å²) < 4.78 is 1.94. The second-order valence-electron chi connectivity index (χ2n) is 6.11. The lowest BCUT2D eigenvalue weighted by Gasteiger charge is -2.26. The van der Waals surface area contributed by atoms with Gasteiger partial charge in [0.15, 0.2) is 5.82 Å². The van der Waals surface area contributed by atoms with E-state index in [1.54, 1.807) is 6.20 Å². The highest BCUT2D eigenvalue weighted by molar-refractivity contribution is 5.53. The quantitative estimate of drug-likeness (QED) is 0.894. The first kappa shape index (κ1) is 13.6. The summed E-state index contributed by atoms with van der Waals surface area (Å²) >= 11 is 0. The fourth-order valence-corrected chi connectivity index (χ4v) is 3.25. The van der Waals surface area contributed by atoms with Gasteiger partial charge in [0.1, 0.15) is 0 Å². The Kier molecular flexibility index (Phi) is 3.49. The van der Waals surface area contributed by atoms with Gasteiger partial charge in [0.25, 0.3) is 0 Å². The maximum atomic E-state index is 10.1. The van der Waals surface area contributed by atoms with Crippen molar-refractivity contribution in [3.05, 3.63) is 29.3 Å². The molecule has 2 aliphatic rings. The smallest absolute Gasteiger partial charge is 0.170 e. The van der Waals surface area contributed by atoms with Gasteiger partial charge in [0, 0.05) is 11.9 Å². The monoisotopic (exact) mass is 300 g/mol. The van der Waals surface area contributed by atoms with Gasteiger partial charge in [-0.25, -0.2) is 4.68 Å². The largest absolute Gasteiger partial charge is 0.387 e. The van der Waals surface area contributed by atoms with E-state index in [2.05, 4.69) is 25.8 Å². The summed E-state index contributed by atoms with van der Waals surface area (Å²) in [5, 5.41) is 25.5. The minimum atomic E-state index is -0.439. The molecule has 0 bridgehead atoms. The summed E-state index contributed by atoms with van der Waals surface area (Å²) in [6.07, 6.45) is 7.64. The van der Waals surface area contributed by atoms with Crippen molar-refractivity contribution in [2.45, 2.75) is 57.2 Å². The lowest BCUT2D eigenvalue weighted by atomic mass is 9.92. The van der Waals surface area contributed by atoms with Crippen LogP contribution in [-0.4, -0.2) is 30.3 Å². The maximum Gasteiger partial charge on any atom is 0.170 e. The molecule has 2 aliphatic carbocycles. The topological polar surface area (TPSA) is 88.8 Å². The molecule has 1 atom stereocenters. The predicted octanol–water partition coefficient (Wildman–Crippen LogP) is 1.77. The number of hydrogen-bond donors (Lipinski definition) is 2. The van der Waals surface area contributed by atoms with Crippen LogP contribution in [0.25, 0.3) is 0 Å². The zero-order chi connectivity index (χ0) is 14.9. The number of hydrogen-bond acceptors (Lipinski definition) is 6. The summed E-state index contributed by atoms with van der Waals surface area (Å²) in [4.78, 5) is 4.34. The minimum absolute atomic E-state index is 0.439. The van der Waals surface area contributed by atoms with Crippen LogP contribution in [0.15, 0.2) is 12.3 Å². The summed E-state index contributed by atoms with van der Waals surface area (Å²) in [5.74, 6) is 0.867. The average Bonchev–Trinajstić information content (AvgIpc) is 2.92. The van der Waals surface area contributed by atoms with Crippen LogP contribution in [0.5, 0.6) is 0 Å². The van der Waals surface area contributed by atoms with Crippen LogP contribution < -0.4 is 5.32 Å². The second kappa shape index (κ2) is 5.64. The first-order valence-corrected chi connectivity index (χ1v) is 7.99. The number of tetrazole rings is 1. The van der Waals surface area contributed by atoms with Crippen LogP contribution in [0, 0.1) is 0 Å². The third-order valence-electron chi connectivity index (χ3n) is 4.73. The van der Waals surface area contributed by atoms with Crippen LogP contribution in [0.2, 0.25) is 0 Å². The van der Waals surface area contributed by atoms with Crippen molar-refractivity contribution in [3.63, 3.8) is 0 Å². The molecule has 1 saturated carbocycles. The predicted molar refractivity (Wildman–Crippen MR) is 80.2 cm³/mol. The van der Waals surface area contributed by atoms with Crippen LogP contribution in [0.3, 0.4) is 0 Å². The standard InChI is InChI=1S/C15H20N6O/c22-13-6-2-5-11-12(7-8-16-15(11)13)17-9-14-18-19-20-21(14)10-3-1-4-10/h7-8,10,13,22H,1-6,9H2,(H,16,17). The van der Waals surface area contributed by atoms with E-state index >= 15 is 0 Å². The SMILES string of the molecule is OC1CCCc2c(NCc3nnnn3C3CCC3)ccnc21. The van der Waals surface area contributed by atoms with E-state index in [1.165, 1.54) is 6.42 Å². The van der Waals surface area contributed by atoms with Gasteiger partial charge in [-0.1, -0.05) is 0 Å². The number of pyridine rings is 1. The summed E-state index contributed by atoms with van der Waals surface area (Å²) in [5.41, 5.74) is 2.98. The van der Waals surface area contributed by atoms with E-state index < -0.39 is 6.10 Å². The highest BCUT2D eigenvalue weighted by Gasteiger charge is 2.24. The zero-order valence-electron chi connectivity index (χ0n) is 12.4. The molecule has 0 saturated heterocycles. The fourth-order valence-electron chi connectivity index (χ4n) is 3.25. The summed E-state index contributed by atoms with van der Waals surface area (Å²) in [6.45, 7) is 0.593. The molecule has 4 rings (SSSR count). The van der Waals surface area contributed by atoms with Crippen molar-refractivity contribution in [1.29, 1.82) is 0 Å². The lowest BCUT2D eigenvalue weighted by molar-refractivity contribution is 0.151. The molecular formula is C15H20N6O. The molecule has 22 heavy (non-hydrogen) atoms. The number of nitrogens with zero attached hydrogens (tertiary/aromatic N) is 5. The lowest BCUT2D eigenvalue weighted by Crippen LogP contribution is -2.22. The van der Waals surface area contributed by atoms with Gasteiger partial charge in [0.2, 0.25) is 0 Å². The molecule has 1 unspecified atom stereocenters. The Bertz CT molecular complexity index is 666. The Morgan fingerprint density at radius 2 is 2.18 bits per heavy atom. The molecule has 7 nitrogen and oxygen atoms in total. The van der Waals surface area contributed by atoms with E-state index in [1.807, 2.05) is 10.7 Å². The van der Waals surface area contributed by atoms with Crippen LogP contribution in [-0.2, 0) is 13.0 Å². The van der Waals surface area contributed by atoms with E-state index in [9.17, 15) is 5.11 Å². The molecule has 1 fully saturated rings. The van der Waals surface area contributed by atoms with Gasteiger partial charge in [-0.2, -0.15) is 0 Å². The molecule has 2 aromatic rings. The van der Waals surface area contributed by atoms with Gasteiger partial charge < -0.3 is 10.4 Å². The van der Waals surface area contributed by atoms with Crippen LogP contribution in [0.4, 0.5) is 5.69 Å². The molecule has 2 heterocycles. The Hall–Kier alpha value is -2.02. The number of fused-ring (bicyclic) bond motifs is 1. The van der Waals surface area contributed by atoms with Gasteiger partial charge in [-0.05, 0) is 60.6 Å². The van der Waals surface area contributed by atoms with Crippen molar-refractivity contribution in [2.24, 2.45) is 0 Å². The van der Waals surface area contributed by atoms with E-state index in [-0.39, 0.29) is 0 Å². The third kappa shape index (κ3) is 2.35. The zero-order valence-corrected chi connectivity index (χ0v) is 12.4. The molecule has 116 valence electrons. The van der Waals surface area contributed by atoms with Gasteiger partial charge >= 0.3 is 0 Å². The van der Waals surface area contributed by atoms with Crippen molar-refractivity contribution in [2.75, 3.05) is 5.32 Å². The molecule has 0 aliphatic heterocycles. The van der Waals surface area contributed by atoms with Crippen molar-refractivity contribution in [3.8, 4) is 0 Å². The summed E-state index contributed by atoms with van der Waals surface area (Å²) in [6, 6.07) is 2.42. The molecule has 2 aromatic heterocycles. The number of aliphatic hydroxyl groups is 1. The molecule has 0 radical (unpaired) electrons.